The van der Waals surface area contributed by atoms with E-state index in [4.69, 9.17) is 5.73 Å². The van der Waals surface area contributed by atoms with Gasteiger partial charge in [0.2, 0.25) is 0 Å². The molecule has 0 saturated carbocycles. The molecule has 1 unspecified atom stereocenters. The molecule has 0 radical (unpaired) electrons. The number of nitrogens with zero attached hydrogens (tertiary/aromatic N) is 2. The van der Waals surface area contributed by atoms with Crippen LogP contribution in [0.5, 0.6) is 0 Å². The minimum Gasteiger partial charge on any atom is -0.323 e. The predicted octanol–water partition coefficient (Wildman–Crippen LogP) is 2.10. The van der Waals surface area contributed by atoms with Crippen molar-refractivity contribution in [3.05, 3.63) is 45.9 Å². The minimum absolute atomic E-state index is 0.0742. The maximum absolute atomic E-state index is 11.3. The Morgan fingerprint density at radius 3 is 2.52 bits per heavy atom. The summed E-state index contributed by atoms with van der Waals surface area (Å²) >= 11 is 1.48. The van der Waals surface area contributed by atoms with E-state index in [0.29, 0.717) is 16.8 Å². The summed E-state index contributed by atoms with van der Waals surface area (Å²) in [5, 5.41) is 7.04. The van der Waals surface area contributed by atoms with Crippen LogP contribution in [0.15, 0.2) is 34.2 Å². The van der Waals surface area contributed by atoms with Crippen molar-refractivity contribution in [2.24, 2.45) is 18.7 Å². The monoisotopic (exact) mass is 306 g/mol. The van der Waals surface area contributed by atoms with Crippen LogP contribution in [0.4, 0.5) is 0 Å². The molecule has 0 aliphatic heterocycles. The van der Waals surface area contributed by atoms with Crippen LogP contribution in [0.2, 0.25) is 0 Å². The average Bonchev–Trinajstić information content (AvgIpc) is 2.76. The van der Waals surface area contributed by atoms with E-state index in [9.17, 15) is 4.79 Å². The van der Waals surface area contributed by atoms with Gasteiger partial charge in [0, 0.05) is 18.8 Å². The minimum atomic E-state index is -0.205. The Labute approximate surface area is 128 Å². The zero-order chi connectivity index (χ0) is 15.4. The van der Waals surface area contributed by atoms with Gasteiger partial charge in [-0.2, -0.15) is 0 Å². The number of nitrogens with two attached hydrogens (primary N) is 1. The van der Waals surface area contributed by atoms with Crippen LogP contribution < -0.4 is 11.4 Å². The topological polar surface area (TPSA) is 76.7 Å². The summed E-state index contributed by atoms with van der Waals surface area (Å²) in [6, 6.07) is 8.39. The molecule has 114 valence electrons. The van der Waals surface area contributed by atoms with Gasteiger partial charge in [0.1, 0.15) is 0 Å². The second-order valence-electron chi connectivity index (χ2n) is 5.63. The largest absolute Gasteiger partial charge is 0.343 e. The molecule has 1 aromatic heterocycles. The lowest BCUT2D eigenvalue weighted by atomic mass is 10.0. The molecule has 6 heteroatoms. The molecule has 0 fully saturated rings. The summed E-state index contributed by atoms with van der Waals surface area (Å²) in [6.07, 6.45) is 1.08. The first-order chi connectivity index (χ1) is 9.97. The first kappa shape index (κ1) is 15.9. The van der Waals surface area contributed by atoms with Gasteiger partial charge < -0.3 is 5.73 Å². The number of aromatic amines is 1. The summed E-state index contributed by atoms with van der Waals surface area (Å²) in [7, 11) is 1.69. The molecule has 2 aromatic rings. The van der Waals surface area contributed by atoms with Gasteiger partial charge in [-0.15, -0.1) is 5.10 Å². The molecule has 2 rings (SSSR count). The molecule has 3 N–H and O–H groups in total. The summed E-state index contributed by atoms with van der Waals surface area (Å²) in [5.74, 6) is 1.34. The summed E-state index contributed by atoms with van der Waals surface area (Å²) in [4.78, 5) is 11.3. The Bertz CT molecular complexity index is 630. The summed E-state index contributed by atoms with van der Waals surface area (Å²) < 4.78 is 1.49. The maximum atomic E-state index is 11.3. The zero-order valence-corrected chi connectivity index (χ0v) is 13.5. The van der Waals surface area contributed by atoms with Crippen molar-refractivity contribution in [2.75, 3.05) is 5.75 Å². The number of benzene rings is 1. The van der Waals surface area contributed by atoms with Gasteiger partial charge in [0.25, 0.3) is 0 Å². The number of hydrogen-bond donors (Lipinski definition) is 2. The van der Waals surface area contributed by atoms with Crippen molar-refractivity contribution < 1.29 is 0 Å². The molecule has 0 bridgehead atoms. The highest BCUT2D eigenvalue weighted by Crippen LogP contribution is 2.21. The molecule has 0 spiro atoms. The summed E-state index contributed by atoms with van der Waals surface area (Å²) in [5.41, 5.74) is 8.44. The Morgan fingerprint density at radius 1 is 1.33 bits per heavy atom. The van der Waals surface area contributed by atoms with E-state index in [2.05, 4.69) is 48.3 Å². The molecule has 0 amide bonds. The second-order valence-corrected chi connectivity index (χ2v) is 6.61. The van der Waals surface area contributed by atoms with Crippen LogP contribution >= 0.6 is 11.8 Å². The number of hydrogen-bond acceptors (Lipinski definition) is 4. The SMILES string of the molecule is CC(C)Cc1ccc(C(N)CSc2n[nH]c(=O)n2C)cc1. The Balaban J connectivity index is 1.95. The number of H-pyrrole nitrogens is 1. The van der Waals surface area contributed by atoms with Gasteiger partial charge in [-0.05, 0) is 23.5 Å². The molecule has 21 heavy (non-hydrogen) atoms. The Hall–Kier alpha value is -1.53. The molecule has 1 heterocycles. The normalized spacial score (nSPS) is 12.8. The molecule has 1 aromatic carbocycles. The average molecular weight is 306 g/mol. The number of rotatable bonds is 6. The van der Waals surface area contributed by atoms with Crippen molar-refractivity contribution >= 4 is 11.8 Å². The Kier molecular flexibility index (Phi) is 5.25. The molecule has 0 aliphatic rings. The number of nitrogens with one attached hydrogen (secondary N) is 1. The molecule has 0 saturated heterocycles. The van der Waals surface area contributed by atoms with Gasteiger partial charge >= 0.3 is 5.69 Å². The fourth-order valence-corrected chi connectivity index (χ4v) is 3.00. The van der Waals surface area contributed by atoms with E-state index < -0.39 is 0 Å². The third-order valence-electron chi connectivity index (χ3n) is 3.28. The van der Waals surface area contributed by atoms with Gasteiger partial charge in [0.05, 0.1) is 0 Å². The molecule has 5 nitrogen and oxygen atoms in total. The van der Waals surface area contributed by atoms with Crippen molar-refractivity contribution in [2.45, 2.75) is 31.5 Å². The van der Waals surface area contributed by atoms with Gasteiger partial charge in [0.15, 0.2) is 5.16 Å². The van der Waals surface area contributed by atoms with Crippen LogP contribution in [0.1, 0.15) is 31.0 Å². The lowest BCUT2D eigenvalue weighted by molar-refractivity contribution is 0.647. The molecular formula is C15H22N4OS. The first-order valence-corrected chi connectivity index (χ1v) is 8.04. The third-order valence-corrected chi connectivity index (χ3v) is 4.43. The van der Waals surface area contributed by atoms with E-state index in [1.54, 1.807) is 7.05 Å². The molecule has 0 aliphatic carbocycles. The van der Waals surface area contributed by atoms with E-state index in [-0.39, 0.29) is 11.7 Å². The molecular weight excluding hydrogens is 284 g/mol. The zero-order valence-electron chi connectivity index (χ0n) is 12.7. The van der Waals surface area contributed by atoms with Crippen molar-refractivity contribution in [3.63, 3.8) is 0 Å². The third kappa shape index (κ3) is 4.22. The quantitative estimate of drug-likeness (QED) is 0.801. The fraction of sp³-hybridized carbons (Fsp3) is 0.467. The van der Waals surface area contributed by atoms with Crippen molar-refractivity contribution in [1.29, 1.82) is 0 Å². The van der Waals surface area contributed by atoms with Crippen molar-refractivity contribution in [3.8, 4) is 0 Å². The van der Waals surface area contributed by atoms with Crippen LogP contribution in [0.3, 0.4) is 0 Å². The highest BCUT2D eigenvalue weighted by molar-refractivity contribution is 7.99. The highest BCUT2D eigenvalue weighted by Gasteiger charge is 2.10. The van der Waals surface area contributed by atoms with E-state index in [0.717, 1.165) is 12.0 Å². The van der Waals surface area contributed by atoms with Gasteiger partial charge in [-0.3, -0.25) is 4.57 Å². The first-order valence-electron chi connectivity index (χ1n) is 7.06. The fourth-order valence-electron chi connectivity index (χ4n) is 2.09. The van der Waals surface area contributed by atoms with Crippen LogP contribution in [0, 0.1) is 5.92 Å². The van der Waals surface area contributed by atoms with E-state index >= 15 is 0 Å². The molecule has 1 atom stereocenters. The van der Waals surface area contributed by atoms with Crippen molar-refractivity contribution in [1.82, 2.24) is 14.8 Å². The highest BCUT2D eigenvalue weighted by atomic mass is 32.2. The number of aromatic nitrogens is 3. The van der Waals surface area contributed by atoms with Crippen LogP contribution in [-0.2, 0) is 13.5 Å². The van der Waals surface area contributed by atoms with Gasteiger partial charge in [-0.1, -0.05) is 49.9 Å². The Morgan fingerprint density at radius 2 is 2.00 bits per heavy atom. The predicted molar refractivity (Wildman–Crippen MR) is 86.5 cm³/mol. The lowest BCUT2D eigenvalue weighted by Crippen LogP contribution is -2.15. The van der Waals surface area contributed by atoms with E-state index in [1.165, 1.54) is 21.9 Å². The maximum Gasteiger partial charge on any atom is 0.343 e. The number of thioether (sulfide) groups is 1. The van der Waals surface area contributed by atoms with Crippen LogP contribution in [0.25, 0.3) is 0 Å². The second kappa shape index (κ2) is 6.95. The van der Waals surface area contributed by atoms with E-state index in [1.807, 2.05) is 0 Å². The summed E-state index contributed by atoms with van der Waals surface area (Å²) in [6.45, 7) is 4.43. The van der Waals surface area contributed by atoms with Crippen LogP contribution in [-0.4, -0.2) is 20.5 Å². The lowest BCUT2D eigenvalue weighted by Gasteiger charge is -2.12. The van der Waals surface area contributed by atoms with Gasteiger partial charge in [-0.25, -0.2) is 9.89 Å². The standard InChI is InChI=1S/C15H22N4OS/c1-10(2)8-11-4-6-12(7-5-11)13(16)9-21-15-18-17-14(20)19(15)3/h4-7,10,13H,8-9,16H2,1-3H3,(H,17,20). The smallest absolute Gasteiger partial charge is 0.323 e.